The molecule has 1 aliphatic heterocycles. The molecule has 1 unspecified atom stereocenters. The number of hydrogen-bond acceptors (Lipinski definition) is 6. The van der Waals surface area contributed by atoms with Gasteiger partial charge in [0.15, 0.2) is 10.0 Å². The van der Waals surface area contributed by atoms with Crippen LogP contribution in [0.25, 0.3) is 0 Å². The number of rotatable bonds is 5. The fourth-order valence-corrected chi connectivity index (χ4v) is 4.29. The van der Waals surface area contributed by atoms with Crippen molar-refractivity contribution < 1.29 is 23.2 Å². The standard InChI is InChI=1S/C21H25ClN2O4S/c1-20(2,3)28-17(25)15-16(22)23-18(29-15)21(4)10-11-24(19(21)26)12-13-6-8-14(27-5)9-7-13/h6-9H,10-12H2,1-5H3/i4D3. The summed E-state index contributed by atoms with van der Waals surface area (Å²) in [6, 6.07) is 7.20. The Labute approximate surface area is 184 Å². The van der Waals surface area contributed by atoms with Crippen LogP contribution in [0, 0.1) is 0 Å². The lowest BCUT2D eigenvalue weighted by atomic mass is 9.90. The van der Waals surface area contributed by atoms with Gasteiger partial charge in [-0.2, -0.15) is 0 Å². The van der Waals surface area contributed by atoms with E-state index in [-0.39, 0.29) is 34.5 Å². The Morgan fingerprint density at radius 3 is 2.66 bits per heavy atom. The summed E-state index contributed by atoms with van der Waals surface area (Å²) in [4.78, 5) is 31.6. The molecule has 6 nitrogen and oxygen atoms in total. The molecule has 1 saturated heterocycles. The molecule has 0 bridgehead atoms. The summed E-state index contributed by atoms with van der Waals surface area (Å²) in [5.74, 6) is -0.576. The minimum atomic E-state index is -2.68. The van der Waals surface area contributed by atoms with Crippen LogP contribution in [0.1, 0.15) is 58.4 Å². The van der Waals surface area contributed by atoms with E-state index in [4.69, 9.17) is 25.2 Å². The molecule has 2 heterocycles. The molecule has 0 saturated carbocycles. The fourth-order valence-electron chi connectivity index (χ4n) is 3.02. The Hall–Kier alpha value is -2.12. The number of esters is 1. The van der Waals surface area contributed by atoms with Crippen molar-refractivity contribution in [3.8, 4) is 5.75 Å². The number of likely N-dealkylation sites (tertiary alicyclic amines) is 1. The van der Waals surface area contributed by atoms with E-state index in [9.17, 15) is 9.59 Å². The lowest BCUT2D eigenvalue weighted by molar-refractivity contribution is -0.132. The largest absolute Gasteiger partial charge is 0.497 e. The van der Waals surface area contributed by atoms with Gasteiger partial charge < -0.3 is 14.4 Å². The van der Waals surface area contributed by atoms with Crippen molar-refractivity contribution in [3.63, 3.8) is 0 Å². The van der Waals surface area contributed by atoms with Gasteiger partial charge in [-0.1, -0.05) is 23.7 Å². The second-order valence-corrected chi connectivity index (χ2v) is 9.23. The molecule has 1 aliphatic rings. The van der Waals surface area contributed by atoms with Gasteiger partial charge in [0.1, 0.15) is 16.4 Å². The number of amides is 1. The fraction of sp³-hybridized carbons (Fsp3) is 0.476. The van der Waals surface area contributed by atoms with Gasteiger partial charge in [-0.15, -0.1) is 11.3 Å². The summed E-state index contributed by atoms with van der Waals surface area (Å²) in [6.45, 7) is 2.94. The molecule has 0 N–H and O–H groups in total. The molecule has 0 radical (unpaired) electrons. The molecular formula is C21H25ClN2O4S. The molecule has 2 aromatic rings. The number of benzene rings is 1. The highest BCUT2D eigenvalue weighted by Gasteiger charge is 2.47. The van der Waals surface area contributed by atoms with E-state index in [0.717, 1.165) is 16.9 Å². The molecule has 29 heavy (non-hydrogen) atoms. The topological polar surface area (TPSA) is 68.7 Å². The van der Waals surface area contributed by atoms with Crippen molar-refractivity contribution in [2.24, 2.45) is 0 Å². The zero-order valence-corrected chi connectivity index (χ0v) is 18.3. The number of carbonyl (C=O) groups excluding carboxylic acids is 2. The SMILES string of the molecule is [2H]C([2H])([2H])C1(c2nc(Cl)c(C(=O)OC(C)(C)C)s2)CCN(Cc2ccc(OC)cc2)C1=O. The lowest BCUT2D eigenvalue weighted by Crippen LogP contribution is -2.35. The van der Waals surface area contributed by atoms with Crippen molar-refractivity contribution in [3.05, 3.63) is 44.9 Å². The van der Waals surface area contributed by atoms with Crippen LogP contribution in [-0.4, -0.2) is 41.0 Å². The van der Waals surface area contributed by atoms with Gasteiger partial charge in [0.2, 0.25) is 5.91 Å². The first kappa shape index (κ1) is 17.7. The Kier molecular flexibility index (Phi) is 4.86. The first-order valence-electron chi connectivity index (χ1n) is 10.6. The Morgan fingerprint density at radius 1 is 1.38 bits per heavy atom. The van der Waals surface area contributed by atoms with Gasteiger partial charge in [-0.3, -0.25) is 4.79 Å². The normalized spacial score (nSPS) is 21.5. The molecular weight excluding hydrogens is 412 g/mol. The molecule has 1 fully saturated rings. The van der Waals surface area contributed by atoms with Crippen molar-refractivity contribution in [2.75, 3.05) is 13.7 Å². The van der Waals surface area contributed by atoms with Crippen molar-refractivity contribution in [2.45, 2.75) is 51.6 Å². The van der Waals surface area contributed by atoms with Crippen LogP contribution in [0.2, 0.25) is 5.15 Å². The van der Waals surface area contributed by atoms with Crippen LogP contribution >= 0.6 is 22.9 Å². The number of halogens is 1. The van der Waals surface area contributed by atoms with E-state index < -0.39 is 29.7 Å². The van der Waals surface area contributed by atoms with Gasteiger partial charge in [0, 0.05) is 17.2 Å². The Bertz CT molecular complexity index is 1020. The highest BCUT2D eigenvalue weighted by Crippen LogP contribution is 2.40. The average Bonchev–Trinajstić information content (AvgIpc) is 3.22. The van der Waals surface area contributed by atoms with Gasteiger partial charge in [0.25, 0.3) is 0 Å². The Morgan fingerprint density at radius 2 is 2.07 bits per heavy atom. The quantitative estimate of drug-likeness (QED) is 0.643. The third kappa shape index (κ3) is 4.56. The monoisotopic (exact) mass is 439 g/mol. The van der Waals surface area contributed by atoms with Gasteiger partial charge >= 0.3 is 5.97 Å². The first-order valence-corrected chi connectivity index (χ1v) is 10.3. The van der Waals surface area contributed by atoms with E-state index in [1.54, 1.807) is 40.0 Å². The third-order valence-electron chi connectivity index (χ3n) is 4.48. The molecule has 1 aromatic heterocycles. The van der Waals surface area contributed by atoms with E-state index >= 15 is 0 Å². The van der Waals surface area contributed by atoms with Crippen molar-refractivity contribution in [1.29, 1.82) is 0 Å². The summed E-state index contributed by atoms with van der Waals surface area (Å²) < 4.78 is 35.0. The first-order chi connectivity index (χ1) is 14.8. The molecule has 8 heteroatoms. The minimum Gasteiger partial charge on any atom is -0.497 e. The predicted molar refractivity (Wildman–Crippen MR) is 113 cm³/mol. The molecule has 3 rings (SSSR count). The number of hydrogen-bond donors (Lipinski definition) is 0. The van der Waals surface area contributed by atoms with Crippen molar-refractivity contribution in [1.82, 2.24) is 9.88 Å². The number of aromatic nitrogens is 1. The summed E-state index contributed by atoms with van der Waals surface area (Å²) in [5, 5.41) is -0.158. The van der Waals surface area contributed by atoms with Crippen LogP contribution in [0.3, 0.4) is 0 Å². The zero-order chi connectivity index (χ0) is 23.9. The maximum absolute atomic E-state index is 13.5. The molecule has 1 atom stereocenters. The summed E-state index contributed by atoms with van der Waals surface area (Å²) in [7, 11) is 1.56. The van der Waals surface area contributed by atoms with E-state index in [1.807, 2.05) is 12.1 Å². The van der Waals surface area contributed by atoms with Crippen LogP contribution in [-0.2, 0) is 21.5 Å². The van der Waals surface area contributed by atoms with E-state index in [2.05, 4.69) is 4.98 Å². The molecule has 0 aliphatic carbocycles. The third-order valence-corrected chi connectivity index (χ3v) is 6.06. The van der Waals surface area contributed by atoms with E-state index in [1.165, 1.54) is 4.90 Å². The highest BCUT2D eigenvalue weighted by atomic mass is 35.5. The highest BCUT2D eigenvalue weighted by molar-refractivity contribution is 7.14. The number of nitrogens with zero attached hydrogens (tertiary/aromatic N) is 2. The van der Waals surface area contributed by atoms with Crippen LogP contribution in [0.5, 0.6) is 5.75 Å². The van der Waals surface area contributed by atoms with Crippen molar-refractivity contribution >= 4 is 34.8 Å². The summed E-state index contributed by atoms with van der Waals surface area (Å²) >= 11 is 6.99. The average molecular weight is 440 g/mol. The maximum Gasteiger partial charge on any atom is 0.352 e. The van der Waals surface area contributed by atoms with Crippen LogP contribution < -0.4 is 4.74 Å². The number of carbonyl (C=O) groups is 2. The maximum atomic E-state index is 13.5. The predicted octanol–water partition coefficient (Wildman–Crippen LogP) is 4.45. The van der Waals surface area contributed by atoms with Gasteiger partial charge in [-0.25, -0.2) is 9.78 Å². The summed E-state index contributed by atoms with van der Waals surface area (Å²) in [6.07, 6.45) is 0.0378. The molecule has 1 aromatic carbocycles. The molecule has 1 amide bonds. The zero-order valence-electron chi connectivity index (χ0n) is 19.7. The number of ether oxygens (including phenoxy) is 2. The minimum absolute atomic E-state index is 0.00518. The lowest BCUT2D eigenvalue weighted by Gasteiger charge is -2.21. The Balaban J connectivity index is 1.94. The molecule has 0 spiro atoms. The van der Waals surface area contributed by atoms with Gasteiger partial charge in [-0.05, 0) is 51.7 Å². The molecule has 156 valence electrons. The number of thiazole rings is 1. The second-order valence-electron chi connectivity index (χ2n) is 7.87. The smallest absolute Gasteiger partial charge is 0.352 e. The van der Waals surface area contributed by atoms with Gasteiger partial charge in [0.05, 0.1) is 12.5 Å². The van der Waals surface area contributed by atoms with Crippen LogP contribution in [0.4, 0.5) is 0 Å². The summed E-state index contributed by atoms with van der Waals surface area (Å²) in [5.41, 5.74) is -1.79. The van der Waals surface area contributed by atoms with E-state index in [0.29, 0.717) is 5.75 Å². The van der Waals surface area contributed by atoms with Crippen LogP contribution in [0.15, 0.2) is 24.3 Å². The second kappa shape index (κ2) is 7.95. The number of methoxy groups -OCH3 is 1.